The summed E-state index contributed by atoms with van der Waals surface area (Å²) in [4.78, 5) is 39.0. The maximum absolute atomic E-state index is 12.7. The van der Waals surface area contributed by atoms with Gasteiger partial charge in [0.2, 0.25) is 11.8 Å². The van der Waals surface area contributed by atoms with Crippen molar-refractivity contribution in [2.24, 2.45) is 5.73 Å². The number of carbonyl (C=O) groups is 3. The Morgan fingerprint density at radius 1 is 1.21 bits per heavy atom. The van der Waals surface area contributed by atoms with Crippen LogP contribution in [-0.2, 0) is 31.6 Å². The number of H-pyrrole nitrogens is 1. The number of hydrogen-bond donors (Lipinski definition) is 5. The van der Waals surface area contributed by atoms with Crippen LogP contribution >= 0.6 is 0 Å². The zero-order valence-electron chi connectivity index (χ0n) is 15.4. The number of aliphatic carboxylic acids is 1. The summed E-state index contributed by atoms with van der Waals surface area (Å²) in [6.07, 6.45) is 3.39. The molecular weight excluding hydrogens is 384 g/mol. The number of rotatable bonds is 10. The van der Waals surface area contributed by atoms with E-state index in [2.05, 4.69) is 15.6 Å². The van der Waals surface area contributed by atoms with Crippen molar-refractivity contribution in [3.63, 3.8) is 0 Å². The molecule has 28 heavy (non-hydrogen) atoms. The van der Waals surface area contributed by atoms with Crippen molar-refractivity contribution in [1.82, 2.24) is 15.6 Å². The molecule has 2 rings (SSSR count). The van der Waals surface area contributed by atoms with Crippen LogP contribution in [0.25, 0.3) is 10.9 Å². The number of nitrogens with one attached hydrogen (secondary N) is 3. The number of fused-ring (bicyclic) bond motifs is 1. The van der Waals surface area contributed by atoms with Crippen LogP contribution in [0.5, 0.6) is 0 Å². The molecule has 0 spiro atoms. The third-order valence-corrected chi connectivity index (χ3v) is 5.06. The lowest BCUT2D eigenvalue weighted by Crippen LogP contribution is -2.53. The van der Waals surface area contributed by atoms with E-state index in [0.717, 1.165) is 16.5 Å². The van der Waals surface area contributed by atoms with E-state index in [-0.39, 0.29) is 25.1 Å². The van der Waals surface area contributed by atoms with Crippen LogP contribution in [-0.4, -0.2) is 62.7 Å². The van der Waals surface area contributed by atoms with E-state index in [1.807, 2.05) is 24.3 Å². The molecule has 1 aromatic heterocycles. The number of carboxylic acid groups (broad SMARTS) is 1. The van der Waals surface area contributed by atoms with Gasteiger partial charge in [-0.25, -0.2) is 4.79 Å². The Morgan fingerprint density at radius 3 is 2.57 bits per heavy atom. The van der Waals surface area contributed by atoms with Gasteiger partial charge in [0.1, 0.15) is 12.1 Å². The highest BCUT2D eigenvalue weighted by molar-refractivity contribution is 7.84. The molecule has 6 N–H and O–H groups in total. The maximum atomic E-state index is 12.7. The van der Waals surface area contributed by atoms with Crippen LogP contribution in [0, 0.1) is 0 Å². The molecular formula is C18H24N4O5S. The van der Waals surface area contributed by atoms with Crippen molar-refractivity contribution in [3.05, 3.63) is 36.0 Å². The number of para-hydroxylation sites is 1. The highest BCUT2D eigenvalue weighted by Crippen LogP contribution is 2.19. The molecule has 152 valence electrons. The molecule has 1 unspecified atom stereocenters. The predicted octanol–water partition coefficient (Wildman–Crippen LogP) is -0.508. The van der Waals surface area contributed by atoms with E-state index in [1.165, 1.54) is 6.26 Å². The Hall–Kier alpha value is -2.72. The summed E-state index contributed by atoms with van der Waals surface area (Å²) < 4.78 is 11.2. The number of hydrogen-bond acceptors (Lipinski definition) is 5. The second-order valence-electron chi connectivity index (χ2n) is 6.35. The Bertz CT molecular complexity index is 882. The molecule has 0 bridgehead atoms. The molecule has 0 saturated carbocycles. The van der Waals surface area contributed by atoms with Crippen LogP contribution in [0.3, 0.4) is 0 Å². The Labute approximate surface area is 164 Å². The second-order valence-corrected chi connectivity index (χ2v) is 7.91. The van der Waals surface area contributed by atoms with Gasteiger partial charge in [-0.1, -0.05) is 18.2 Å². The third kappa shape index (κ3) is 5.89. The van der Waals surface area contributed by atoms with E-state index in [4.69, 9.17) is 5.73 Å². The number of carbonyl (C=O) groups excluding carboxylic acids is 2. The zero-order valence-corrected chi connectivity index (χ0v) is 16.3. The minimum absolute atomic E-state index is 0.0226. The van der Waals surface area contributed by atoms with Gasteiger partial charge >= 0.3 is 5.97 Å². The largest absolute Gasteiger partial charge is 0.480 e. The fraction of sp³-hybridized carbons (Fsp3) is 0.389. The van der Waals surface area contributed by atoms with Gasteiger partial charge in [-0.15, -0.1) is 0 Å². The van der Waals surface area contributed by atoms with E-state index < -0.39 is 40.7 Å². The highest BCUT2D eigenvalue weighted by atomic mass is 32.2. The summed E-state index contributed by atoms with van der Waals surface area (Å²) >= 11 is 0. The topological polar surface area (TPSA) is 154 Å². The van der Waals surface area contributed by atoms with Crippen molar-refractivity contribution in [2.45, 2.75) is 24.9 Å². The van der Waals surface area contributed by atoms with Gasteiger partial charge in [0.25, 0.3) is 0 Å². The van der Waals surface area contributed by atoms with Crippen molar-refractivity contribution in [3.8, 4) is 0 Å². The number of aromatic nitrogens is 1. The first-order valence-electron chi connectivity index (χ1n) is 8.69. The number of aromatic amines is 1. The standard InChI is InChI=1S/C18H24N4O5S/c1-28(27)7-6-14(18(25)26)22-17(24)15(21-16(23)9-19)8-11-10-20-13-5-3-2-4-12(11)13/h2-5,10,14-15,20H,6-9,19H2,1H3,(H,21,23)(H,22,24)(H,25,26)/t14-,15-,28?/m0/s1. The van der Waals surface area contributed by atoms with Crippen LogP contribution < -0.4 is 16.4 Å². The molecule has 1 heterocycles. The lowest BCUT2D eigenvalue weighted by molar-refractivity contribution is -0.142. The van der Waals surface area contributed by atoms with Crippen molar-refractivity contribution >= 4 is 39.5 Å². The van der Waals surface area contributed by atoms with Gasteiger partial charge < -0.3 is 26.5 Å². The highest BCUT2D eigenvalue weighted by Gasteiger charge is 2.27. The van der Waals surface area contributed by atoms with Gasteiger partial charge in [-0.3, -0.25) is 13.8 Å². The van der Waals surface area contributed by atoms with Gasteiger partial charge in [0.05, 0.1) is 6.54 Å². The first-order valence-corrected chi connectivity index (χ1v) is 10.4. The average Bonchev–Trinajstić information content (AvgIpc) is 3.06. The summed E-state index contributed by atoms with van der Waals surface area (Å²) in [7, 11) is -1.19. The Morgan fingerprint density at radius 2 is 1.93 bits per heavy atom. The Kier molecular flexibility index (Phi) is 7.70. The number of carboxylic acids is 1. The smallest absolute Gasteiger partial charge is 0.326 e. The SMILES string of the molecule is CS(=O)CC[C@H](NC(=O)[C@H](Cc1c[nH]c2ccccc12)NC(=O)CN)C(=O)O. The fourth-order valence-electron chi connectivity index (χ4n) is 2.80. The van der Waals surface area contributed by atoms with Gasteiger partial charge in [0.15, 0.2) is 0 Å². The minimum atomic E-state index is -1.23. The normalized spacial score (nSPS) is 14.2. The summed E-state index contributed by atoms with van der Waals surface area (Å²) in [6, 6.07) is 5.31. The average molecular weight is 408 g/mol. The first-order chi connectivity index (χ1) is 13.3. The number of amides is 2. The molecule has 2 aromatic rings. The van der Waals surface area contributed by atoms with Gasteiger partial charge in [-0.2, -0.15) is 0 Å². The number of nitrogens with two attached hydrogens (primary N) is 1. The monoisotopic (exact) mass is 408 g/mol. The number of benzene rings is 1. The third-order valence-electron chi connectivity index (χ3n) is 4.24. The van der Waals surface area contributed by atoms with Crippen LogP contribution in [0.1, 0.15) is 12.0 Å². The second kappa shape index (κ2) is 10.00. The van der Waals surface area contributed by atoms with E-state index >= 15 is 0 Å². The minimum Gasteiger partial charge on any atom is -0.480 e. The van der Waals surface area contributed by atoms with Gasteiger partial charge in [-0.05, 0) is 18.1 Å². The quantitative estimate of drug-likeness (QED) is 0.357. The molecule has 0 aliphatic rings. The lowest BCUT2D eigenvalue weighted by atomic mass is 10.0. The molecule has 0 fully saturated rings. The molecule has 0 aliphatic heterocycles. The molecule has 1 aromatic carbocycles. The molecule has 10 heteroatoms. The summed E-state index contributed by atoms with van der Waals surface area (Å²) in [6.45, 7) is -0.297. The van der Waals surface area contributed by atoms with Crippen molar-refractivity contribution < 1.29 is 23.7 Å². The first kappa shape index (κ1) is 21.6. The van der Waals surface area contributed by atoms with Crippen LogP contribution in [0.4, 0.5) is 0 Å². The molecule has 3 atom stereocenters. The summed E-state index contributed by atoms with van der Waals surface area (Å²) in [5.41, 5.74) is 7.02. The molecule has 0 saturated heterocycles. The van der Waals surface area contributed by atoms with E-state index in [1.54, 1.807) is 6.20 Å². The predicted molar refractivity (Wildman–Crippen MR) is 106 cm³/mol. The zero-order chi connectivity index (χ0) is 20.7. The molecule has 0 radical (unpaired) electrons. The lowest BCUT2D eigenvalue weighted by Gasteiger charge is -2.21. The molecule has 0 aliphatic carbocycles. The van der Waals surface area contributed by atoms with E-state index in [0.29, 0.717) is 0 Å². The summed E-state index contributed by atoms with van der Waals surface area (Å²) in [5, 5.41) is 15.2. The maximum Gasteiger partial charge on any atom is 0.326 e. The van der Waals surface area contributed by atoms with Crippen molar-refractivity contribution in [2.75, 3.05) is 18.6 Å². The molecule has 9 nitrogen and oxygen atoms in total. The van der Waals surface area contributed by atoms with Gasteiger partial charge in [0, 0.05) is 46.3 Å². The van der Waals surface area contributed by atoms with Crippen molar-refractivity contribution in [1.29, 1.82) is 0 Å². The van der Waals surface area contributed by atoms with Crippen LogP contribution in [0.2, 0.25) is 0 Å². The molecule has 2 amide bonds. The summed E-state index contributed by atoms with van der Waals surface area (Å²) in [5.74, 6) is -2.25. The van der Waals surface area contributed by atoms with E-state index in [9.17, 15) is 23.7 Å². The van der Waals surface area contributed by atoms with Crippen LogP contribution in [0.15, 0.2) is 30.5 Å². The Balaban J connectivity index is 2.18. The fourth-order valence-corrected chi connectivity index (χ4v) is 3.36.